The molecule has 0 N–H and O–H groups in total. The van der Waals surface area contributed by atoms with Crippen molar-refractivity contribution < 1.29 is 32.2 Å². The van der Waals surface area contributed by atoms with Gasteiger partial charge in [0.2, 0.25) is 0 Å². The molecule has 6 nitrogen and oxygen atoms in total. The number of allylic oxidation sites excluding steroid dienone is 1. The summed E-state index contributed by atoms with van der Waals surface area (Å²) in [5.41, 5.74) is -0.0393. The first kappa shape index (κ1) is 20.6. The molecule has 154 valence electrons. The van der Waals surface area contributed by atoms with E-state index in [0.717, 1.165) is 6.08 Å². The predicted octanol–water partition coefficient (Wildman–Crippen LogP) is 4.29. The first-order chi connectivity index (χ1) is 13.1. The SMILES string of the molecule is CC(C)(C)OC(=O)N1CCC(C(F)(F)F)C=C1c1ncccc1C1OCCO1. The number of rotatable bonds is 2. The monoisotopic (exact) mass is 400 g/mol. The molecule has 1 fully saturated rings. The molecule has 3 heterocycles. The van der Waals surface area contributed by atoms with Crippen molar-refractivity contribution in [2.75, 3.05) is 19.8 Å². The van der Waals surface area contributed by atoms with Crippen LogP contribution in [0.4, 0.5) is 18.0 Å². The molecule has 1 atom stereocenters. The molecule has 0 radical (unpaired) electrons. The van der Waals surface area contributed by atoms with Crippen LogP contribution >= 0.6 is 0 Å². The molecule has 2 aliphatic heterocycles. The van der Waals surface area contributed by atoms with E-state index in [9.17, 15) is 18.0 Å². The fourth-order valence-electron chi connectivity index (χ4n) is 3.08. The molecule has 3 rings (SSSR count). The lowest BCUT2D eigenvalue weighted by atomic mass is 9.96. The third-order valence-electron chi connectivity index (χ3n) is 4.31. The number of pyridine rings is 1. The second-order valence-electron chi connectivity index (χ2n) is 7.64. The molecule has 0 aromatic carbocycles. The van der Waals surface area contributed by atoms with E-state index >= 15 is 0 Å². The summed E-state index contributed by atoms with van der Waals surface area (Å²) < 4.78 is 56.5. The van der Waals surface area contributed by atoms with Crippen molar-refractivity contribution in [3.8, 4) is 0 Å². The van der Waals surface area contributed by atoms with Crippen LogP contribution in [0.3, 0.4) is 0 Å². The van der Waals surface area contributed by atoms with Crippen LogP contribution in [-0.2, 0) is 14.2 Å². The molecule has 0 bridgehead atoms. The molecule has 1 unspecified atom stereocenters. The molecule has 2 aliphatic rings. The Bertz CT molecular complexity index is 752. The first-order valence-electron chi connectivity index (χ1n) is 9.04. The van der Waals surface area contributed by atoms with E-state index in [2.05, 4.69) is 4.98 Å². The fourth-order valence-corrected chi connectivity index (χ4v) is 3.08. The van der Waals surface area contributed by atoms with Gasteiger partial charge in [-0.25, -0.2) is 4.79 Å². The van der Waals surface area contributed by atoms with Gasteiger partial charge in [-0.15, -0.1) is 0 Å². The number of hydrogen-bond donors (Lipinski definition) is 0. The lowest BCUT2D eigenvalue weighted by Gasteiger charge is -2.34. The predicted molar refractivity (Wildman–Crippen MR) is 94.0 cm³/mol. The quantitative estimate of drug-likeness (QED) is 0.741. The van der Waals surface area contributed by atoms with Gasteiger partial charge in [-0.05, 0) is 39.3 Å². The zero-order valence-corrected chi connectivity index (χ0v) is 16.0. The number of carbonyl (C=O) groups is 1. The van der Waals surface area contributed by atoms with Gasteiger partial charge in [0.25, 0.3) is 0 Å². The van der Waals surface area contributed by atoms with Gasteiger partial charge in [-0.3, -0.25) is 9.88 Å². The Labute approximate surface area is 161 Å². The molecular formula is C19H23F3N2O4. The van der Waals surface area contributed by atoms with Gasteiger partial charge in [-0.2, -0.15) is 13.2 Å². The van der Waals surface area contributed by atoms with Crippen molar-refractivity contribution in [2.24, 2.45) is 5.92 Å². The van der Waals surface area contributed by atoms with E-state index in [0.29, 0.717) is 18.8 Å². The summed E-state index contributed by atoms with van der Waals surface area (Å²) >= 11 is 0. The van der Waals surface area contributed by atoms with Crippen molar-refractivity contribution in [3.63, 3.8) is 0 Å². The third-order valence-corrected chi connectivity index (χ3v) is 4.31. The Balaban J connectivity index is 2.03. The maximum absolute atomic E-state index is 13.4. The number of ether oxygens (including phenoxy) is 3. The Morgan fingerprint density at radius 1 is 1.25 bits per heavy atom. The van der Waals surface area contributed by atoms with Gasteiger partial charge in [0, 0.05) is 18.3 Å². The molecule has 9 heteroatoms. The highest BCUT2D eigenvalue weighted by Crippen LogP contribution is 2.39. The smallest absolute Gasteiger partial charge is 0.414 e. The maximum atomic E-state index is 13.4. The summed E-state index contributed by atoms with van der Waals surface area (Å²) in [5.74, 6) is -1.68. The maximum Gasteiger partial charge on any atom is 0.414 e. The van der Waals surface area contributed by atoms with Gasteiger partial charge in [-0.1, -0.05) is 6.07 Å². The van der Waals surface area contributed by atoms with E-state index in [1.807, 2.05) is 0 Å². The van der Waals surface area contributed by atoms with Gasteiger partial charge in [0.15, 0.2) is 6.29 Å². The second-order valence-corrected chi connectivity index (χ2v) is 7.64. The topological polar surface area (TPSA) is 60.9 Å². The average molecular weight is 400 g/mol. The molecule has 28 heavy (non-hydrogen) atoms. The minimum atomic E-state index is -4.42. The second kappa shape index (κ2) is 7.71. The molecule has 1 amide bonds. The van der Waals surface area contributed by atoms with Crippen molar-refractivity contribution in [1.29, 1.82) is 0 Å². The van der Waals surface area contributed by atoms with Crippen LogP contribution in [0.15, 0.2) is 24.4 Å². The average Bonchev–Trinajstić information content (AvgIpc) is 3.13. The number of alkyl halides is 3. The van der Waals surface area contributed by atoms with Crippen LogP contribution in [0, 0.1) is 5.92 Å². The highest BCUT2D eigenvalue weighted by molar-refractivity contribution is 5.83. The van der Waals surface area contributed by atoms with Gasteiger partial charge in [0.1, 0.15) is 5.60 Å². The van der Waals surface area contributed by atoms with Gasteiger partial charge in [0.05, 0.1) is 30.5 Å². The van der Waals surface area contributed by atoms with Crippen LogP contribution in [0.2, 0.25) is 0 Å². The van der Waals surface area contributed by atoms with Crippen LogP contribution in [0.1, 0.15) is 44.7 Å². The molecule has 1 saturated heterocycles. The summed E-state index contributed by atoms with van der Waals surface area (Å²) in [7, 11) is 0. The molecule has 0 spiro atoms. The van der Waals surface area contributed by atoms with Crippen molar-refractivity contribution in [2.45, 2.75) is 45.3 Å². The third kappa shape index (κ3) is 4.64. The van der Waals surface area contributed by atoms with Crippen molar-refractivity contribution in [3.05, 3.63) is 35.7 Å². The first-order valence-corrected chi connectivity index (χ1v) is 9.04. The lowest BCUT2D eigenvalue weighted by Crippen LogP contribution is -2.41. The molecule has 1 aromatic rings. The fraction of sp³-hybridized carbons (Fsp3) is 0.579. The van der Waals surface area contributed by atoms with Crippen LogP contribution in [0.25, 0.3) is 5.70 Å². The number of carbonyl (C=O) groups excluding carboxylic acids is 1. The van der Waals surface area contributed by atoms with Crippen molar-refractivity contribution in [1.82, 2.24) is 9.88 Å². The minimum absolute atomic E-state index is 0.0533. The number of hydrogen-bond acceptors (Lipinski definition) is 5. The number of amides is 1. The van der Waals surface area contributed by atoms with Crippen LogP contribution in [-0.4, -0.2) is 47.5 Å². The normalized spacial score (nSPS) is 21.6. The summed E-state index contributed by atoms with van der Waals surface area (Å²) in [6, 6.07) is 3.32. The highest BCUT2D eigenvalue weighted by atomic mass is 19.4. The standard InChI is InChI=1S/C19H23F3N2O4/c1-18(2,3)28-17(25)24-8-6-12(19(20,21)22)11-14(24)15-13(5-4-7-23-15)16-26-9-10-27-16/h4-5,7,11-12,16H,6,8-10H2,1-3H3. The van der Waals surface area contributed by atoms with Gasteiger partial charge >= 0.3 is 12.3 Å². The Morgan fingerprint density at radius 2 is 1.93 bits per heavy atom. The summed E-state index contributed by atoms with van der Waals surface area (Å²) in [4.78, 5) is 18.1. The lowest BCUT2D eigenvalue weighted by molar-refractivity contribution is -0.164. The Morgan fingerprint density at radius 3 is 2.54 bits per heavy atom. The summed E-state index contributed by atoms with van der Waals surface area (Å²) in [6.45, 7) is 5.71. The van der Waals surface area contributed by atoms with Gasteiger partial charge < -0.3 is 14.2 Å². The molecule has 0 saturated carbocycles. The van der Waals surface area contributed by atoms with E-state index in [4.69, 9.17) is 14.2 Å². The highest BCUT2D eigenvalue weighted by Gasteiger charge is 2.43. The zero-order valence-electron chi connectivity index (χ0n) is 16.0. The van der Waals surface area contributed by atoms with E-state index in [1.54, 1.807) is 32.9 Å². The number of halogens is 3. The molecule has 0 aliphatic carbocycles. The van der Waals surface area contributed by atoms with E-state index in [-0.39, 0.29) is 24.4 Å². The summed E-state index contributed by atoms with van der Waals surface area (Å²) in [6.07, 6.45) is -3.63. The van der Waals surface area contributed by atoms with Crippen LogP contribution in [0.5, 0.6) is 0 Å². The Hall–Kier alpha value is -2.13. The molecular weight excluding hydrogens is 377 g/mol. The number of aromatic nitrogens is 1. The van der Waals surface area contributed by atoms with Crippen LogP contribution < -0.4 is 0 Å². The summed E-state index contributed by atoms with van der Waals surface area (Å²) in [5, 5.41) is 0. The largest absolute Gasteiger partial charge is 0.443 e. The minimum Gasteiger partial charge on any atom is -0.443 e. The number of nitrogens with zero attached hydrogens (tertiary/aromatic N) is 2. The van der Waals surface area contributed by atoms with Crippen molar-refractivity contribution >= 4 is 11.8 Å². The van der Waals surface area contributed by atoms with E-state index in [1.165, 1.54) is 11.1 Å². The molecule has 1 aromatic heterocycles. The van der Waals surface area contributed by atoms with E-state index < -0.39 is 30.1 Å². The zero-order chi connectivity index (χ0) is 20.5. The Kier molecular flexibility index (Phi) is 5.67.